The van der Waals surface area contributed by atoms with Crippen molar-refractivity contribution in [2.45, 2.75) is 18.9 Å². The van der Waals surface area contributed by atoms with Crippen LogP contribution in [0.2, 0.25) is 0 Å². The first-order valence-corrected chi connectivity index (χ1v) is 6.81. The highest BCUT2D eigenvalue weighted by Crippen LogP contribution is 2.22. The first-order chi connectivity index (χ1) is 9.74. The van der Waals surface area contributed by atoms with Crippen LogP contribution < -0.4 is 10.6 Å². The minimum Gasteiger partial charge on any atom is -0.369 e. The van der Waals surface area contributed by atoms with E-state index in [4.69, 9.17) is 5.73 Å². The summed E-state index contributed by atoms with van der Waals surface area (Å²) in [6.07, 6.45) is 5.47. The molecule has 5 heteroatoms. The highest BCUT2D eigenvalue weighted by Gasteiger charge is 2.17. The molecule has 0 bridgehead atoms. The highest BCUT2D eigenvalue weighted by molar-refractivity contribution is 5.57. The first-order valence-electron chi connectivity index (χ1n) is 6.81. The summed E-state index contributed by atoms with van der Waals surface area (Å²) in [5, 5.41) is 0. The Morgan fingerprint density at radius 1 is 1.10 bits per heavy atom. The summed E-state index contributed by atoms with van der Waals surface area (Å²) >= 11 is 0. The molecular weight excluding hydrogens is 255 g/mol. The van der Waals surface area contributed by atoms with Crippen molar-refractivity contribution in [2.75, 3.05) is 18.0 Å². The highest BCUT2D eigenvalue weighted by atomic mass is 19.1. The van der Waals surface area contributed by atoms with Crippen LogP contribution in [0.4, 0.5) is 10.1 Å². The van der Waals surface area contributed by atoms with Crippen LogP contribution >= 0.6 is 0 Å². The second kappa shape index (κ2) is 5.54. The van der Waals surface area contributed by atoms with Crippen LogP contribution in [-0.4, -0.2) is 29.1 Å². The van der Waals surface area contributed by atoms with Crippen LogP contribution in [0.3, 0.4) is 0 Å². The number of nitrogens with two attached hydrogens (primary N) is 1. The van der Waals surface area contributed by atoms with Gasteiger partial charge in [0, 0.05) is 19.1 Å². The first kappa shape index (κ1) is 13.0. The average Bonchev–Trinajstić information content (AvgIpc) is 2.49. The number of halogens is 1. The molecule has 2 aromatic rings. The van der Waals surface area contributed by atoms with Crippen molar-refractivity contribution in [2.24, 2.45) is 5.73 Å². The predicted octanol–water partition coefficient (Wildman–Crippen LogP) is 2.21. The molecule has 0 amide bonds. The van der Waals surface area contributed by atoms with E-state index < -0.39 is 0 Å². The van der Waals surface area contributed by atoms with Gasteiger partial charge in [0.15, 0.2) is 5.82 Å². The number of nitrogens with zero attached hydrogens (tertiary/aromatic N) is 3. The van der Waals surface area contributed by atoms with Crippen molar-refractivity contribution in [3.63, 3.8) is 0 Å². The third-order valence-electron chi connectivity index (χ3n) is 3.66. The number of anilines is 1. The smallest absolute Gasteiger partial charge is 0.162 e. The van der Waals surface area contributed by atoms with E-state index in [0.717, 1.165) is 31.6 Å². The molecule has 1 saturated heterocycles. The minimum absolute atomic E-state index is 0.296. The van der Waals surface area contributed by atoms with E-state index in [0.29, 0.717) is 17.4 Å². The lowest BCUT2D eigenvalue weighted by Gasteiger charge is -2.31. The molecule has 0 spiro atoms. The van der Waals surface area contributed by atoms with Crippen LogP contribution in [0.5, 0.6) is 0 Å². The lowest BCUT2D eigenvalue weighted by molar-refractivity contribution is 0.500. The Labute approximate surface area is 117 Å². The van der Waals surface area contributed by atoms with Gasteiger partial charge in [-0.3, -0.25) is 0 Å². The second-order valence-corrected chi connectivity index (χ2v) is 5.07. The Bertz CT molecular complexity index is 577. The van der Waals surface area contributed by atoms with Crippen LogP contribution in [0.15, 0.2) is 36.7 Å². The maximum absolute atomic E-state index is 13.7. The zero-order valence-corrected chi connectivity index (χ0v) is 11.2. The molecule has 3 rings (SSSR count). The van der Waals surface area contributed by atoms with Crippen LogP contribution in [-0.2, 0) is 0 Å². The zero-order valence-electron chi connectivity index (χ0n) is 11.2. The summed E-state index contributed by atoms with van der Waals surface area (Å²) in [5.41, 5.74) is 7.29. The monoisotopic (exact) mass is 272 g/mol. The molecule has 4 nitrogen and oxygen atoms in total. The SMILES string of the molecule is NC1CCN(c2cnc(-c3ccccc3F)nc2)CC1. The Balaban J connectivity index is 1.80. The zero-order chi connectivity index (χ0) is 13.9. The van der Waals surface area contributed by atoms with E-state index in [2.05, 4.69) is 14.9 Å². The van der Waals surface area contributed by atoms with Crippen molar-refractivity contribution >= 4 is 5.69 Å². The molecule has 0 atom stereocenters. The van der Waals surface area contributed by atoms with E-state index >= 15 is 0 Å². The van der Waals surface area contributed by atoms with Gasteiger partial charge < -0.3 is 10.6 Å². The number of rotatable bonds is 2. The fourth-order valence-electron chi connectivity index (χ4n) is 2.42. The van der Waals surface area contributed by atoms with Crippen molar-refractivity contribution in [1.29, 1.82) is 0 Å². The van der Waals surface area contributed by atoms with Crippen LogP contribution in [0.1, 0.15) is 12.8 Å². The average molecular weight is 272 g/mol. The van der Waals surface area contributed by atoms with Gasteiger partial charge in [0.25, 0.3) is 0 Å². The molecule has 1 fully saturated rings. The summed E-state index contributed by atoms with van der Waals surface area (Å²) in [5.74, 6) is 0.116. The summed E-state index contributed by atoms with van der Waals surface area (Å²) in [6.45, 7) is 1.84. The molecule has 1 aromatic heterocycles. The van der Waals surface area contributed by atoms with Crippen molar-refractivity contribution in [1.82, 2.24) is 9.97 Å². The molecule has 20 heavy (non-hydrogen) atoms. The van der Waals surface area contributed by atoms with Gasteiger partial charge in [0.2, 0.25) is 0 Å². The van der Waals surface area contributed by atoms with E-state index in [9.17, 15) is 4.39 Å². The van der Waals surface area contributed by atoms with Gasteiger partial charge in [-0.2, -0.15) is 0 Å². The largest absolute Gasteiger partial charge is 0.369 e. The molecule has 2 N–H and O–H groups in total. The Kier molecular flexibility index (Phi) is 3.60. The molecule has 0 saturated carbocycles. The lowest BCUT2D eigenvalue weighted by atomic mass is 10.1. The molecule has 2 heterocycles. The van der Waals surface area contributed by atoms with Crippen molar-refractivity contribution in [3.05, 3.63) is 42.5 Å². The van der Waals surface area contributed by atoms with Gasteiger partial charge in [0.1, 0.15) is 5.82 Å². The maximum Gasteiger partial charge on any atom is 0.162 e. The third-order valence-corrected chi connectivity index (χ3v) is 3.66. The molecule has 104 valence electrons. The van der Waals surface area contributed by atoms with Crippen LogP contribution in [0.25, 0.3) is 11.4 Å². The second-order valence-electron chi connectivity index (χ2n) is 5.07. The van der Waals surface area contributed by atoms with Gasteiger partial charge in [-0.1, -0.05) is 12.1 Å². The van der Waals surface area contributed by atoms with Gasteiger partial charge in [-0.25, -0.2) is 14.4 Å². The molecule has 1 aromatic carbocycles. The molecule has 1 aliphatic rings. The van der Waals surface area contributed by atoms with E-state index in [-0.39, 0.29) is 5.82 Å². The summed E-state index contributed by atoms with van der Waals surface area (Å²) in [6, 6.07) is 6.83. The summed E-state index contributed by atoms with van der Waals surface area (Å²) in [7, 11) is 0. The third kappa shape index (κ3) is 2.63. The Hall–Kier alpha value is -2.01. The topological polar surface area (TPSA) is 55.0 Å². The van der Waals surface area contributed by atoms with Crippen molar-refractivity contribution in [3.8, 4) is 11.4 Å². The number of hydrogen-bond acceptors (Lipinski definition) is 4. The lowest BCUT2D eigenvalue weighted by Crippen LogP contribution is -2.39. The molecular formula is C15H17FN4. The fraction of sp³-hybridized carbons (Fsp3) is 0.333. The summed E-state index contributed by atoms with van der Waals surface area (Å²) < 4.78 is 13.7. The number of aromatic nitrogens is 2. The number of hydrogen-bond donors (Lipinski definition) is 1. The van der Waals surface area contributed by atoms with E-state index in [1.807, 2.05) is 0 Å². The number of piperidine rings is 1. The maximum atomic E-state index is 13.7. The van der Waals surface area contributed by atoms with Crippen molar-refractivity contribution < 1.29 is 4.39 Å². The van der Waals surface area contributed by atoms with Gasteiger partial charge >= 0.3 is 0 Å². The molecule has 0 radical (unpaired) electrons. The predicted molar refractivity (Wildman–Crippen MR) is 76.8 cm³/mol. The van der Waals surface area contributed by atoms with E-state index in [1.54, 1.807) is 30.6 Å². The Morgan fingerprint density at radius 2 is 1.75 bits per heavy atom. The van der Waals surface area contributed by atoms with Gasteiger partial charge in [0.05, 0.1) is 23.6 Å². The quantitative estimate of drug-likeness (QED) is 0.910. The Morgan fingerprint density at radius 3 is 2.40 bits per heavy atom. The van der Waals surface area contributed by atoms with Crippen LogP contribution in [0, 0.1) is 5.82 Å². The normalized spacial score (nSPS) is 16.4. The standard InChI is InChI=1S/C15H17FN4/c16-14-4-2-1-3-13(14)15-18-9-12(10-19-15)20-7-5-11(17)6-8-20/h1-4,9-11H,5-8,17H2. The molecule has 0 aliphatic carbocycles. The number of benzene rings is 1. The van der Waals surface area contributed by atoms with Gasteiger partial charge in [-0.15, -0.1) is 0 Å². The fourth-order valence-corrected chi connectivity index (χ4v) is 2.42. The molecule has 1 aliphatic heterocycles. The minimum atomic E-state index is -0.302. The summed E-state index contributed by atoms with van der Waals surface area (Å²) in [4.78, 5) is 10.8. The van der Waals surface area contributed by atoms with E-state index in [1.165, 1.54) is 6.07 Å². The molecule has 0 unspecified atom stereocenters. The van der Waals surface area contributed by atoms with Gasteiger partial charge in [-0.05, 0) is 25.0 Å².